The summed E-state index contributed by atoms with van der Waals surface area (Å²) in [5.74, 6) is 1.46. The van der Waals surface area contributed by atoms with Gasteiger partial charge in [-0.1, -0.05) is 100 Å². The predicted octanol–water partition coefficient (Wildman–Crippen LogP) is 5.56. The first-order valence-corrected chi connectivity index (χ1v) is 12.6. The van der Waals surface area contributed by atoms with Gasteiger partial charge in [0.25, 0.3) is 8.32 Å². The lowest BCUT2D eigenvalue weighted by Gasteiger charge is -2.43. The minimum atomic E-state index is -2.41. The van der Waals surface area contributed by atoms with Crippen LogP contribution in [0.1, 0.15) is 47.5 Å². The third kappa shape index (κ3) is 2.93. The van der Waals surface area contributed by atoms with Crippen LogP contribution >= 0.6 is 0 Å². The van der Waals surface area contributed by atoms with Crippen LogP contribution in [-0.4, -0.2) is 14.9 Å². The van der Waals surface area contributed by atoms with Gasteiger partial charge < -0.3 is 4.43 Å². The van der Waals surface area contributed by atoms with Gasteiger partial charge in [-0.3, -0.25) is 0 Å². The number of hydrogen-bond donors (Lipinski definition) is 0. The Morgan fingerprint density at radius 1 is 0.964 bits per heavy atom. The maximum absolute atomic E-state index is 7.21. The zero-order valence-corrected chi connectivity index (χ0v) is 19.0. The van der Waals surface area contributed by atoms with Crippen molar-refractivity contribution in [3.05, 3.63) is 72.3 Å². The molecule has 0 saturated heterocycles. The van der Waals surface area contributed by atoms with Crippen molar-refractivity contribution in [3.8, 4) is 0 Å². The third-order valence-electron chi connectivity index (χ3n) is 7.59. The first-order valence-electron chi connectivity index (χ1n) is 10.7. The molecule has 3 atom stereocenters. The molecule has 0 spiro atoms. The average molecular weight is 391 g/mol. The van der Waals surface area contributed by atoms with Gasteiger partial charge in [0, 0.05) is 6.61 Å². The zero-order valence-electron chi connectivity index (χ0n) is 18.0. The highest BCUT2D eigenvalue weighted by atomic mass is 28.4. The summed E-state index contributed by atoms with van der Waals surface area (Å²) in [4.78, 5) is 0. The molecule has 4 rings (SSSR count). The van der Waals surface area contributed by atoms with Crippen LogP contribution in [0.2, 0.25) is 5.04 Å². The molecular weight excluding hydrogens is 356 g/mol. The van der Waals surface area contributed by atoms with Gasteiger partial charge in [0.05, 0.1) is 0 Å². The minimum absolute atomic E-state index is 0.0571. The number of allylic oxidation sites excluding steroid dienone is 2. The maximum Gasteiger partial charge on any atom is 0.261 e. The monoisotopic (exact) mass is 390 g/mol. The molecule has 0 aromatic heterocycles. The Morgan fingerprint density at radius 2 is 1.50 bits per heavy atom. The smallest absolute Gasteiger partial charge is 0.261 e. The second-order valence-corrected chi connectivity index (χ2v) is 14.2. The molecule has 0 bridgehead atoms. The largest absolute Gasteiger partial charge is 0.407 e. The first kappa shape index (κ1) is 19.7. The van der Waals surface area contributed by atoms with E-state index in [0.717, 1.165) is 12.5 Å². The van der Waals surface area contributed by atoms with E-state index in [1.807, 2.05) is 0 Å². The van der Waals surface area contributed by atoms with Crippen molar-refractivity contribution in [3.63, 3.8) is 0 Å². The molecule has 2 aliphatic rings. The van der Waals surface area contributed by atoms with Gasteiger partial charge >= 0.3 is 0 Å². The fourth-order valence-electron chi connectivity index (χ4n) is 5.75. The van der Waals surface area contributed by atoms with Crippen molar-refractivity contribution < 1.29 is 4.43 Å². The summed E-state index contributed by atoms with van der Waals surface area (Å²) in [6.07, 6.45) is 5.02. The van der Waals surface area contributed by atoms with Gasteiger partial charge in [-0.2, -0.15) is 0 Å². The first-order chi connectivity index (χ1) is 13.3. The van der Waals surface area contributed by atoms with Crippen LogP contribution < -0.4 is 10.4 Å². The van der Waals surface area contributed by atoms with Gasteiger partial charge in [-0.25, -0.2) is 0 Å². The number of benzene rings is 2. The highest BCUT2D eigenvalue weighted by molar-refractivity contribution is 6.99. The van der Waals surface area contributed by atoms with Crippen LogP contribution in [0.15, 0.2) is 72.3 Å². The van der Waals surface area contributed by atoms with Crippen molar-refractivity contribution in [1.82, 2.24) is 0 Å². The van der Waals surface area contributed by atoms with Crippen molar-refractivity contribution >= 4 is 18.7 Å². The SMILES string of the molecule is CC1=CCC[C@H]2[C@H](CO[Si](c3ccccc3)(c3ccccc3)C(C)(C)C)[C@@]12C. The topological polar surface area (TPSA) is 9.23 Å². The lowest BCUT2D eigenvalue weighted by atomic mass is 9.89. The molecule has 0 radical (unpaired) electrons. The molecule has 2 aromatic carbocycles. The molecule has 1 saturated carbocycles. The van der Waals surface area contributed by atoms with Crippen molar-refractivity contribution in [2.75, 3.05) is 6.61 Å². The second-order valence-electron chi connectivity index (χ2n) is 9.93. The van der Waals surface area contributed by atoms with Crippen LogP contribution in [0.3, 0.4) is 0 Å². The van der Waals surface area contributed by atoms with Crippen molar-refractivity contribution in [2.45, 2.75) is 52.5 Å². The molecule has 148 valence electrons. The number of fused-ring (bicyclic) bond motifs is 1. The van der Waals surface area contributed by atoms with Crippen LogP contribution in [0, 0.1) is 17.3 Å². The summed E-state index contributed by atoms with van der Waals surface area (Å²) in [6.45, 7) is 12.8. The van der Waals surface area contributed by atoms with E-state index in [0.29, 0.717) is 11.3 Å². The Kier molecular flexibility index (Phi) is 4.92. The molecule has 2 aromatic rings. The van der Waals surface area contributed by atoms with E-state index < -0.39 is 8.32 Å². The molecule has 0 heterocycles. The third-order valence-corrected chi connectivity index (χ3v) is 12.6. The average Bonchev–Trinajstić information content (AvgIpc) is 3.29. The van der Waals surface area contributed by atoms with Crippen LogP contribution in [0.4, 0.5) is 0 Å². The highest BCUT2D eigenvalue weighted by Gasteiger charge is 2.63. The minimum Gasteiger partial charge on any atom is -0.407 e. The Labute approximate surface area is 172 Å². The zero-order chi connectivity index (χ0) is 20.0. The Balaban J connectivity index is 1.73. The van der Waals surface area contributed by atoms with E-state index in [1.54, 1.807) is 5.57 Å². The van der Waals surface area contributed by atoms with Gasteiger partial charge in [0.2, 0.25) is 0 Å². The molecule has 1 nitrogen and oxygen atoms in total. The van der Waals surface area contributed by atoms with Crippen LogP contribution in [-0.2, 0) is 4.43 Å². The van der Waals surface area contributed by atoms with Gasteiger partial charge in [0.1, 0.15) is 0 Å². The maximum atomic E-state index is 7.21. The fourth-order valence-corrected chi connectivity index (χ4v) is 10.3. The van der Waals surface area contributed by atoms with E-state index in [9.17, 15) is 0 Å². The summed E-state index contributed by atoms with van der Waals surface area (Å²) in [5.41, 5.74) is 1.95. The fraction of sp³-hybridized carbons (Fsp3) is 0.462. The lowest BCUT2D eigenvalue weighted by Crippen LogP contribution is -2.66. The molecule has 2 heteroatoms. The summed E-state index contributed by atoms with van der Waals surface area (Å²) < 4.78 is 7.21. The molecule has 28 heavy (non-hydrogen) atoms. The normalized spacial score (nSPS) is 27.1. The van der Waals surface area contributed by atoms with E-state index in [-0.39, 0.29) is 5.04 Å². The molecule has 2 aliphatic carbocycles. The Morgan fingerprint density at radius 3 is 1.96 bits per heavy atom. The predicted molar refractivity (Wildman–Crippen MR) is 122 cm³/mol. The summed E-state index contributed by atoms with van der Waals surface area (Å²) in [5, 5.41) is 2.83. The lowest BCUT2D eigenvalue weighted by molar-refractivity contribution is 0.263. The summed E-state index contributed by atoms with van der Waals surface area (Å²) in [6, 6.07) is 22.0. The molecule has 0 unspecified atom stereocenters. The van der Waals surface area contributed by atoms with Crippen LogP contribution in [0.5, 0.6) is 0 Å². The Bertz CT molecular complexity index is 810. The van der Waals surface area contributed by atoms with Gasteiger partial charge in [0.15, 0.2) is 0 Å². The molecule has 0 amide bonds. The molecule has 0 aliphatic heterocycles. The second kappa shape index (κ2) is 7.00. The molecule has 0 N–H and O–H groups in total. The van der Waals surface area contributed by atoms with Crippen molar-refractivity contribution in [2.24, 2.45) is 17.3 Å². The van der Waals surface area contributed by atoms with E-state index in [1.165, 1.54) is 23.2 Å². The quantitative estimate of drug-likeness (QED) is 0.480. The standard InChI is InChI=1S/C26H34OSi/c1-20-13-12-18-23-24(26(20,23)5)19-27-28(25(2,3)4,21-14-8-6-9-15-21)22-16-10-7-11-17-22/h6-11,13-17,23-24H,12,18-19H2,1-5H3/t23-,24-,26-/m0/s1. The molecule has 1 fully saturated rings. The number of hydrogen-bond acceptors (Lipinski definition) is 1. The summed E-state index contributed by atoms with van der Waals surface area (Å²) >= 11 is 0. The van der Waals surface area contributed by atoms with Crippen molar-refractivity contribution in [1.29, 1.82) is 0 Å². The number of rotatable bonds is 5. The van der Waals surface area contributed by atoms with Crippen LogP contribution in [0.25, 0.3) is 0 Å². The van der Waals surface area contributed by atoms with E-state index >= 15 is 0 Å². The highest BCUT2D eigenvalue weighted by Crippen LogP contribution is 2.67. The summed E-state index contributed by atoms with van der Waals surface area (Å²) in [7, 11) is -2.41. The van der Waals surface area contributed by atoms with Gasteiger partial charge in [-0.15, -0.1) is 0 Å². The van der Waals surface area contributed by atoms with Gasteiger partial charge in [-0.05, 0) is 52.4 Å². The molecular formula is C26H34OSi. The van der Waals surface area contributed by atoms with E-state index in [4.69, 9.17) is 4.43 Å². The van der Waals surface area contributed by atoms with E-state index in [2.05, 4.69) is 101 Å². The Hall–Kier alpha value is -1.64.